The van der Waals surface area contributed by atoms with Gasteiger partial charge >= 0.3 is 0 Å². The van der Waals surface area contributed by atoms with Crippen LogP contribution in [0.2, 0.25) is 0 Å². The summed E-state index contributed by atoms with van der Waals surface area (Å²) in [4.78, 5) is 12.2. The van der Waals surface area contributed by atoms with Crippen molar-refractivity contribution in [1.82, 2.24) is 0 Å². The molecule has 0 bridgehead atoms. The van der Waals surface area contributed by atoms with Gasteiger partial charge in [-0.1, -0.05) is 39.7 Å². The summed E-state index contributed by atoms with van der Waals surface area (Å²) in [5.74, 6) is 0.0793. The molecule has 106 valence electrons. The van der Waals surface area contributed by atoms with Crippen LogP contribution in [0.25, 0.3) is 11.0 Å². The monoisotopic (exact) mass is 343 g/mol. The van der Waals surface area contributed by atoms with Crippen molar-refractivity contribution in [3.05, 3.63) is 65.4 Å². The number of halogens is 1. The number of hydrogen-bond acceptors (Lipinski definition) is 2. The molecule has 0 saturated heterocycles. The fourth-order valence-corrected chi connectivity index (χ4v) is 2.52. The highest BCUT2D eigenvalue weighted by Crippen LogP contribution is 2.21. The lowest BCUT2D eigenvalue weighted by Crippen LogP contribution is -2.10. The van der Waals surface area contributed by atoms with Crippen molar-refractivity contribution >= 4 is 38.5 Å². The number of nitrogens with one attached hydrogen (secondary N) is 1. The Balaban J connectivity index is 1.82. The molecule has 1 N–H and O–H groups in total. The van der Waals surface area contributed by atoms with Crippen molar-refractivity contribution < 1.29 is 9.21 Å². The van der Waals surface area contributed by atoms with Crippen molar-refractivity contribution in [3.63, 3.8) is 0 Å². The molecule has 0 aliphatic heterocycles. The van der Waals surface area contributed by atoms with Crippen LogP contribution in [-0.2, 0) is 5.33 Å². The van der Waals surface area contributed by atoms with Gasteiger partial charge in [-0.05, 0) is 42.8 Å². The van der Waals surface area contributed by atoms with Crippen LogP contribution in [0.3, 0.4) is 0 Å². The molecule has 3 aromatic rings. The van der Waals surface area contributed by atoms with Gasteiger partial charge in [-0.25, -0.2) is 0 Å². The average Bonchev–Trinajstić information content (AvgIpc) is 2.91. The molecule has 0 spiro atoms. The van der Waals surface area contributed by atoms with Crippen LogP contribution in [0.15, 0.2) is 52.9 Å². The lowest BCUT2D eigenvalue weighted by atomic mass is 10.2. The Hall–Kier alpha value is -2.07. The number of carbonyl (C=O) groups is 1. The van der Waals surface area contributed by atoms with Gasteiger partial charge in [0, 0.05) is 16.4 Å². The van der Waals surface area contributed by atoms with E-state index in [0.29, 0.717) is 5.76 Å². The van der Waals surface area contributed by atoms with Gasteiger partial charge in [0.2, 0.25) is 0 Å². The molecule has 0 unspecified atom stereocenters. The first-order valence-corrected chi connectivity index (χ1v) is 7.74. The third kappa shape index (κ3) is 3.00. The van der Waals surface area contributed by atoms with Crippen molar-refractivity contribution in [2.75, 3.05) is 5.32 Å². The number of anilines is 1. The lowest BCUT2D eigenvalue weighted by Gasteiger charge is -2.03. The minimum Gasteiger partial charge on any atom is -0.451 e. The largest absolute Gasteiger partial charge is 0.451 e. The highest BCUT2D eigenvalue weighted by Gasteiger charge is 2.12. The quantitative estimate of drug-likeness (QED) is 0.688. The van der Waals surface area contributed by atoms with Gasteiger partial charge in [0.05, 0.1) is 0 Å². The SMILES string of the molecule is Cc1ccc2oc(C(=O)Nc3ccc(CBr)cc3)cc2c1. The second kappa shape index (κ2) is 5.74. The zero-order chi connectivity index (χ0) is 14.8. The molecule has 0 aliphatic rings. The normalized spacial score (nSPS) is 10.8. The molecule has 1 amide bonds. The summed E-state index contributed by atoms with van der Waals surface area (Å²) < 4.78 is 5.58. The van der Waals surface area contributed by atoms with Crippen molar-refractivity contribution in [3.8, 4) is 0 Å². The summed E-state index contributed by atoms with van der Waals surface area (Å²) in [5.41, 5.74) is 3.77. The third-order valence-corrected chi connectivity index (χ3v) is 3.91. The number of aryl methyl sites for hydroxylation is 1. The minimum absolute atomic E-state index is 0.240. The lowest BCUT2D eigenvalue weighted by molar-refractivity contribution is 0.0998. The van der Waals surface area contributed by atoms with Crippen LogP contribution < -0.4 is 5.32 Å². The van der Waals surface area contributed by atoms with E-state index in [1.807, 2.05) is 49.4 Å². The Morgan fingerprint density at radius 2 is 1.90 bits per heavy atom. The molecule has 21 heavy (non-hydrogen) atoms. The van der Waals surface area contributed by atoms with E-state index in [-0.39, 0.29) is 5.91 Å². The van der Waals surface area contributed by atoms with Gasteiger partial charge in [0.25, 0.3) is 5.91 Å². The molecule has 0 saturated carbocycles. The summed E-state index contributed by atoms with van der Waals surface area (Å²) in [5, 5.41) is 4.57. The fraction of sp³-hybridized carbons (Fsp3) is 0.118. The number of benzene rings is 2. The van der Waals surface area contributed by atoms with Crippen molar-refractivity contribution in [1.29, 1.82) is 0 Å². The molecule has 0 radical (unpaired) electrons. The number of carbonyl (C=O) groups excluding carboxylic acids is 1. The average molecular weight is 344 g/mol. The van der Waals surface area contributed by atoms with Gasteiger partial charge in [0.1, 0.15) is 5.58 Å². The molecule has 2 aromatic carbocycles. The number of amides is 1. The molecule has 0 atom stereocenters. The number of furan rings is 1. The van der Waals surface area contributed by atoms with E-state index >= 15 is 0 Å². The van der Waals surface area contributed by atoms with E-state index in [1.165, 1.54) is 0 Å². The van der Waals surface area contributed by atoms with Crippen LogP contribution in [0.1, 0.15) is 21.7 Å². The van der Waals surface area contributed by atoms with Crippen molar-refractivity contribution in [2.45, 2.75) is 12.3 Å². The van der Waals surface area contributed by atoms with Gasteiger partial charge in [-0.3, -0.25) is 4.79 Å². The maximum atomic E-state index is 12.2. The standard InChI is InChI=1S/C17H14BrNO2/c1-11-2-7-15-13(8-11)9-16(21-15)17(20)19-14-5-3-12(10-18)4-6-14/h2-9H,10H2,1H3,(H,19,20). The number of fused-ring (bicyclic) bond motifs is 1. The predicted molar refractivity (Wildman–Crippen MR) is 88.0 cm³/mol. The van der Waals surface area contributed by atoms with E-state index < -0.39 is 0 Å². The smallest absolute Gasteiger partial charge is 0.291 e. The van der Waals surface area contributed by atoms with Gasteiger partial charge in [0.15, 0.2) is 5.76 Å². The predicted octanol–water partition coefficient (Wildman–Crippen LogP) is 4.89. The third-order valence-electron chi connectivity index (χ3n) is 3.26. The summed E-state index contributed by atoms with van der Waals surface area (Å²) in [6, 6.07) is 15.3. The number of rotatable bonds is 3. The van der Waals surface area contributed by atoms with Gasteiger partial charge in [-0.15, -0.1) is 0 Å². The molecule has 0 aliphatic carbocycles. The number of alkyl halides is 1. The van der Waals surface area contributed by atoms with Gasteiger partial charge in [-0.2, -0.15) is 0 Å². The van der Waals surface area contributed by atoms with E-state index in [0.717, 1.165) is 33.1 Å². The highest BCUT2D eigenvalue weighted by molar-refractivity contribution is 9.08. The fourth-order valence-electron chi connectivity index (χ4n) is 2.14. The molecule has 0 fully saturated rings. The molecule has 3 nitrogen and oxygen atoms in total. The van der Waals surface area contributed by atoms with E-state index in [9.17, 15) is 4.79 Å². The number of hydrogen-bond donors (Lipinski definition) is 1. The first kappa shape index (κ1) is 13.9. The second-order valence-electron chi connectivity index (χ2n) is 4.94. The van der Waals surface area contributed by atoms with Gasteiger partial charge < -0.3 is 9.73 Å². The Labute approximate surface area is 131 Å². The van der Waals surface area contributed by atoms with Crippen molar-refractivity contribution in [2.24, 2.45) is 0 Å². The first-order chi connectivity index (χ1) is 10.2. The molecular formula is C17H14BrNO2. The first-order valence-electron chi connectivity index (χ1n) is 6.62. The molecule has 3 rings (SSSR count). The molecule has 1 heterocycles. The zero-order valence-electron chi connectivity index (χ0n) is 11.5. The maximum absolute atomic E-state index is 12.2. The summed E-state index contributed by atoms with van der Waals surface area (Å²) in [7, 11) is 0. The zero-order valence-corrected chi connectivity index (χ0v) is 13.1. The van der Waals surface area contributed by atoms with E-state index in [2.05, 4.69) is 21.2 Å². The topological polar surface area (TPSA) is 42.2 Å². The summed E-state index contributed by atoms with van der Waals surface area (Å²) >= 11 is 3.39. The molecular weight excluding hydrogens is 330 g/mol. The Morgan fingerprint density at radius 3 is 2.62 bits per heavy atom. The van der Waals surface area contributed by atoms with Crippen LogP contribution in [0, 0.1) is 6.92 Å². The van der Waals surface area contributed by atoms with Crippen LogP contribution in [0.4, 0.5) is 5.69 Å². The van der Waals surface area contributed by atoms with Crippen LogP contribution >= 0.6 is 15.9 Å². The Kier molecular flexibility index (Phi) is 3.80. The van der Waals surface area contributed by atoms with Crippen LogP contribution in [0.5, 0.6) is 0 Å². The Morgan fingerprint density at radius 1 is 1.14 bits per heavy atom. The minimum atomic E-state index is -0.240. The molecule has 4 heteroatoms. The van der Waals surface area contributed by atoms with Crippen LogP contribution in [-0.4, -0.2) is 5.91 Å². The maximum Gasteiger partial charge on any atom is 0.291 e. The Bertz CT molecular complexity index is 790. The molecule has 1 aromatic heterocycles. The summed E-state index contributed by atoms with van der Waals surface area (Å²) in [6.07, 6.45) is 0. The van der Waals surface area contributed by atoms with E-state index in [1.54, 1.807) is 6.07 Å². The summed E-state index contributed by atoms with van der Waals surface area (Å²) in [6.45, 7) is 2.01. The van der Waals surface area contributed by atoms with E-state index in [4.69, 9.17) is 4.42 Å². The highest BCUT2D eigenvalue weighted by atomic mass is 79.9. The second-order valence-corrected chi connectivity index (χ2v) is 5.50.